The van der Waals surface area contributed by atoms with Crippen molar-refractivity contribution in [2.24, 2.45) is 0 Å². The highest BCUT2D eigenvalue weighted by atomic mass is 32.1. The predicted molar refractivity (Wildman–Crippen MR) is 117 cm³/mol. The summed E-state index contributed by atoms with van der Waals surface area (Å²) in [5.41, 5.74) is 7.54. The summed E-state index contributed by atoms with van der Waals surface area (Å²) in [7, 11) is 0. The van der Waals surface area contributed by atoms with Crippen molar-refractivity contribution in [3.05, 3.63) is 90.1 Å². The number of aryl methyl sites for hydroxylation is 2. The highest BCUT2D eigenvalue weighted by Crippen LogP contribution is 2.42. The first-order chi connectivity index (χ1) is 13.2. The number of hydrogen-bond donors (Lipinski definition) is 0. The summed E-state index contributed by atoms with van der Waals surface area (Å²) in [6.45, 7) is 4.40. The van der Waals surface area contributed by atoms with Gasteiger partial charge in [0.1, 0.15) is 0 Å². The van der Waals surface area contributed by atoms with E-state index in [0.29, 0.717) is 0 Å². The molecule has 0 unspecified atom stereocenters. The van der Waals surface area contributed by atoms with Crippen LogP contribution in [-0.2, 0) is 0 Å². The quantitative estimate of drug-likeness (QED) is 0.317. The Morgan fingerprint density at radius 2 is 1.56 bits per heavy atom. The van der Waals surface area contributed by atoms with E-state index in [4.69, 9.17) is 0 Å². The van der Waals surface area contributed by atoms with Gasteiger partial charge in [0.2, 0.25) is 0 Å². The topological polar surface area (TPSA) is 12.9 Å². The molecule has 130 valence electrons. The minimum absolute atomic E-state index is 1.02. The molecule has 27 heavy (non-hydrogen) atoms. The fourth-order valence-electron chi connectivity index (χ4n) is 3.93. The van der Waals surface area contributed by atoms with Crippen molar-refractivity contribution in [1.29, 1.82) is 0 Å². The first-order valence-corrected chi connectivity index (χ1v) is 9.97. The van der Waals surface area contributed by atoms with Crippen LogP contribution in [0, 0.1) is 13.8 Å². The van der Waals surface area contributed by atoms with Crippen LogP contribution >= 0.6 is 11.3 Å². The second-order valence-electron chi connectivity index (χ2n) is 6.98. The van der Waals surface area contributed by atoms with Gasteiger partial charge in [-0.2, -0.15) is 0 Å². The molecule has 2 heterocycles. The lowest BCUT2D eigenvalue weighted by atomic mass is 9.94. The third-order valence-electron chi connectivity index (χ3n) is 5.21. The fraction of sp³-hybridized carbons (Fsp3) is 0.0800. The Balaban J connectivity index is 1.79. The Hall–Kier alpha value is -2.97. The minimum atomic E-state index is 1.02. The molecule has 0 bridgehead atoms. The van der Waals surface area contributed by atoms with E-state index < -0.39 is 0 Å². The van der Waals surface area contributed by atoms with Gasteiger partial charge in [0, 0.05) is 37.5 Å². The predicted octanol–water partition coefficient (Wildman–Crippen LogP) is 7.40. The Bertz CT molecular complexity index is 1260. The molecule has 0 radical (unpaired) electrons. The van der Waals surface area contributed by atoms with Crippen LogP contribution in [0.5, 0.6) is 0 Å². The first-order valence-electron chi connectivity index (χ1n) is 9.15. The molecule has 5 aromatic rings. The van der Waals surface area contributed by atoms with Crippen molar-refractivity contribution in [1.82, 2.24) is 4.98 Å². The molecule has 3 aromatic carbocycles. The number of fused-ring (bicyclic) bond motifs is 3. The highest BCUT2D eigenvalue weighted by molar-refractivity contribution is 7.26. The summed E-state index contributed by atoms with van der Waals surface area (Å²) in [5.74, 6) is 0. The second kappa shape index (κ2) is 6.33. The lowest BCUT2D eigenvalue weighted by Crippen LogP contribution is -1.87. The number of nitrogens with zero attached hydrogens (tertiary/aromatic N) is 1. The zero-order valence-electron chi connectivity index (χ0n) is 15.4. The molecule has 0 spiro atoms. The molecule has 1 nitrogen and oxygen atoms in total. The number of aromatic nitrogens is 1. The van der Waals surface area contributed by atoms with Crippen LogP contribution in [-0.4, -0.2) is 4.98 Å². The average Bonchev–Trinajstić information content (AvgIpc) is 3.07. The fourth-order valence-corrected chi connectivity index (χ4v) is 5.13. The lowest BCUT2D eigenvalue weighted by molar-refractivity contribution is 1.33. The van der Waals surface area contributed by atoms with Gasteiger partial charge in [-0.25, -0.2) is 0 Å². The van der Waals surface area contributed by atoms with Gasteiger partial charge in [-0.1, -0.05) is 48.5 Å². The average molecular weight is 366 g/mol. The van der Waals surface area contributed by atoms with Crippen molar-refractivity contribution < 1.29 is 0 Å². The molecule has 0 fully saturated rings. The van der Waals surface area contributed by atoms with Crippen molar-refractivity contribution in [3.8, 4) is 22.4 Å². The normalized spacial score (nSPS) is 11.3. The number of benzene rings is 3. The van der Waals surface area contributed by atoms with Crippen LogP contribution in [0.4, 0.5) is 0 Å². The largest absolute Gasteiger partial charge is 0.256 e. The summed E-state index contributed by atoms with van der Waals surface area (Å²) in [4.78, 5) is 4.51. The van der Waals surface area contributed by atoms with Crippen LogP contribution in [0.2, 0.25) is 0 Å². The van der Waals surface area contributed by atoms with Gasteiger partial charge in [-0.3, -0.25) is 4.98 Å². The van der Waals surface area contributed by atoms with Crippen LogP contribution < -0.4 is 0 Å². The highest BCUT2D eigenvalue weighted by Gasteiger charge is 2.14. The maximum absolute atomic E-state index is 4.51. The maximum atomic E-state index is 4.51. The van der Waals surface area contributed by atoms with Gasteiger partial charge >= 0.3 is 0 Å². The van der Waals surface area contributed by atoms with Crippen LogP contribution in [0.1, 0.15) is 11.1 Å². The Morgan fingerprint density at radius 1 is 0.741 bits per heavy atom. The first kappa shape index (κ1) is 16.2. The SMILES string of the molecule is Cc1cccc(C)c1-c1cccc2c1sc1ccc(-c3ccccn3)cc12. The summed E-state index contributed by atoms with van der Waals surface area (Å²) >= 11 is 1.88. The van der Waals surface area contributed by atoms with Crippen molar-refractivity contribution in [3.63, 3.8) is 0 Å². The standard InChI is InChI=1S/C25H19NS/c1-16-7-5-8-17(2)24(16)20-10-6-9-19-21-15-18(22-11-3-4-14-26-22)12-13-23(21)27-25(19)20/h3-15H,1-2H3. The van der Waals surface area contributed by atoms with E-state index >= 15 is 0 Å². The molecule has 0 amide bonds. The summed E-state index contributed by atoms with van der Waals surface area (Å²) in [6, 6.07) is 26.0. The lowest BCUT2D eigenvalue weighted by Gasteiger charge is -2.11. The Kier molecular flexibility index (Phi) is 3.80. The smallest absolute Gasteiger partial charge is 0.0702 e. The zero-order chi connectivity index (χ0) is 18.4. The molecule has 0 N–H and O–H groups in total. The maximum Gasteiger partial charge on any atom is 0.0702 e. The van der Waals surface area contributed by atoms with Crippen molar-refractivity contribution in [2.45, 2.75) is 13.8 Å². The van der Waals surface area contributed by atoms with Gasteiger partial charge in [-0.05, 0) is 54.8 Å². The molecule has 0 saturated carbocycles. The number of pyridine rings is 1. The Labute approximate surface area is 162 Å². The summed E-state index contributed by atoms with van der Waals surface area (Å²) in [6.07, 6.45) is 1.85. The molecular weight excluding hydrogens is 346 g/mol. The van der Waals surface area contributed by atoms with Gasteiger partial charge in [-0.15, -0.1) is 11.3 Å². The molecule has 0 aliphatic heterocycles. The molecule has 5 rings (SSSR count). The summed E-state index contributed by atoms with van der Waals surface area (Å²) in [5, 5.41) is 2.64. The van der Waals surface area contributed by atoms with E-state index in [-0.39, 0.29) is 0 Å². The number of thiophene rings is 1. The molecular formula is C25H19NS. The van der Waals surface area contributed by atoms with E-state index in [2.05, 4.69) is 79.5 Å². The molecule has 0 aliphatic rings. The van der Waals surface area contributed by atoms with Gasteiger partial charge in [0.25, 0.3) is 0 Å². The van der Waals surface area contributed by atoms with E-state index in [1.54, 1.807) is 0 Å². The second-order valence-corrected chi connectivity index (χ2v) is 8.03. The third-order valence-corrected chi connectivity index (χ3v) is 6.43. The minimum Gasteiger partial charge on any atom is -0.256 e. The van der Waals surface area contributed by atoms with Crippen LogP contribution in [0.25, 0.3) is 42.6 Å². The molecule has 0 aliphatic carbocycles. The van der Waals surface area contributed by atoms with Gasteiger partial charge in [0.05, 0.1) is 5.69 Å². The van der Waals surface area contributed by atoms with E-state index in [9.17, 15) is 0 Å². The van der Waals surface area contributed by atoms with Gasteiger partial charge < -0.3 is 0 Å². The molecule has 0 atom stereocenters. The van der Waals surface area contributed by atoms with Gasteiger partial charge in [0.15, 0.2) is 0 Å². The Morgan fingerprint density at radius 3 is 2.33 bits per heavy atom. The molecule has 2 heteroatoms. The number of hydrogen-bond acceptors (Lipinski definition) is 2. The zero-order valence-corrected chi connectivity index (χ0v) is 16.2. The molecule has 0 saturated heterocycles. The number of rotatable bonds is 2. The third kappa shape index (κ3) is 2.65. The van der Waals surface area contributed by atoms with Crippen molar-refractivity contribution >= 4 is 31.5 Å². The van der Waals surface area contributed by atoms with Crippen LogP contribution in [0.3, 0.4) is 0 Å². The molecule has 2 aromatic heterocycles. The van der Waals surface area contributed by atoms with E-state index in [1.807, 2.05) is 29.7 Å². The monoisotopic (exact) mass is 365 g/mol. The van der Waals surface area contributed by atoms with Crippen LogP contribution in [0.15, 0.2) is 79.0 Å². The van der Waals surface area contributed by atoms with E-state index in [0.717, 1.165) is 5.69 Å². The van der Waals surface area contributed by atoms with E-state index in [1.165, 1.54) is 48.0 Å². The van der Waals surface area contributed by atoms with Crippen molar-refractivity contribution in [2.75, 3.05) is 0 Å². The summed E-state index contributed by atoms with van der Waals surface area (Å²) < 4.78 is 2.69.